The van der Waals surface area contributed by atoms with E-state index >= 15 is 0 Å². The maximum atomic E-state index is 11.9. The lowest BCUT2D eigenvalue weighted by molar-refractivity contribution is -0.157. The van der Waals surface area contributed by atoms with Crippen LogP contribution in [0.3, 0.4) is 0 Å². The van der Waals surface area contributed by atoms with E-state index in [9.17, 15) is 14.7 Å². The molecule has 0 radical (unpaired) electrons. The van der Waals surface area contributed by atoms with E-state index in [1.165, 1.54) is 6.92 Å². The number of hydrogen-bond donors (Lipinski definition) is 1. The minimum Gasteiger partial charge on any atom is -0.496 e. The quantitative estimate of drug-likeness (QED) is 0.290. The molecule has 190 valence electrons. The number of benzene rings is 2. The van der Waals surface area contributed by atoms with Crippen molar-refractivity contribution < 1.29 is 33.6 Å². The first-order valence-electron chi connectivity index (χ1n) is 12.4. The Morgan fingerprint density at radius 1 is 1.09 bits per heavy atom. The number of carboxylic acid groups (broad SMARTS) is 1. The summed E-state index contributed by atoms with van der Waals surface area (Å²) < 4.78 is 23.4. The summed E-state index contributed by atoms with van der Waals surface area (Å²) in [5.41, 5.74) is 1.31. The van der Waals surface area contributed by atoms with Crippen LogP contribution in [0.15, 0.2) is 30.3 Å². The number of ketones is 1. The Bertz CT molecular complexity index is 1050. The molecule has 1 unspecified atom stereocenters. The molecular weight excluding hydrogens is 448 g/mol. The van der Waals surface area contributed by atoms with Crippen molar-refractivity contribution in [1.82, 2.24) is 0 Å². The Balaban J connectivity index is 1.59. The lowest BCUT2D eigenvalue weighted by Crippen LogP contribution is -2.47. The zero-order valence-electron chi connectivity index (χ0n) is 21.1. The van der Waals surface area contributed by atoms with Crippen molar-refractivity contribution in [1.29, 1.82) is 0 Å². The molecule has 0 spiro atoms. The second kappa shape index (κ2) is 12.0. The molecule has 2 aromatic rings. The van der Waals surface area contributed by atoms with E-state index in [1.807, 2.05) is 25.1 Å². The standard InChI is InChI=1S/C28H36O7/c1-5-8-23-24(12-11-22(19(3)29)26(23)32-4)34-17-7-16-33-21-10-9-20-13-15-28(14-6-2,27(30)31)35-25(20)18-21/h9-12,18H,5-8,13-17H2,1-4H3,(H,30,31). The fourth-order valence-electron chi connectivity index (χ4n) is 4.53. The molecule has 3 rings (SSSR count). The predicted molar refractivity (Wildman–Crippen MR) is 133 cm³/mol. The number of aliphatic carboxylic acids is 1. The van der Waals surface area contributed by atoms with Gasteiger partial charge in [-0.05, 0) is 49.9 Å². The summed E-state index contributed by atoms with van der Waals surface area (Å²) in [7, 11) is 1.57. The summed E-state index contributed by atoms with van der Waals surface area (Å²) in [6, 6.07) is 9.19. The molecule has 1 atom stereocenters. The first-order chi connectivity index (χ1) is 16.8. The number of carboxylic acids is 1. The van der Waals surface area contributed by atoms with Gasteiger partial charge in [0.1, 0.15) is 23.0 Å². The van der Waals surface area contributed by atoms with Crippen molar-refractivity contribution in [2.24, 2.45) is 0 Å². The number of aryl methyl sites for hydroxylation is 1. The van der Waals surface area contributed by atoms with Crippen LogP contribution in [0.25, 0.3) is 0 Å². The third-order valence-electron chi connectivity index (χ3n) is 6.30. The van der Waals surface area contributed by atoms with Crippen molar-refractivity contribution >= 4 is 11.8 Å². The van der Waals surface area contributed by atoms with Crippen molar-refractivity contribution in [3.8, 4) is 23.0 Å². The van der Waals surface area contributed by atoms with Gasteiger partial charge < -0.3 is 24.1 Å². The molecule has 0 aliphatic carbocycles. The Morgan fingerprint density at radius 3 is 2.51 bits per heavy atom. The molecule has 1 heterocycles. The van der Waals surface area contributed by atoms with Gasteiger partial charge in [-0.2, -0.15) is 0 Å². The predicted octanol–water partition coefficient (Wildman–Crippen LogP) is 5.65. The summed E-state index contributed by atoms with van der Waals surface area (Å²) >= 11 is 0. The molecule has 0 bridgehead atoms. The fraction of sp³-hybridized carbons (Fsp3) is 0.500. The van der Waals surface area contributed by atoms with Crippen LogP contribution >= 0.6 is 0 Å². The third-order valence-corrected chi connectivity index (χ3v) is 6.30. The van der Waals surface area contributed by atoms with Crippen LogP contribution in [-0.4, -0.2) is 42.8 Å². The van der Waals surface area contributed by atoms with Gasteiger partial charge in [-0.3, -0.25) is 4.79 Å². The van der Waals surface area contributed by atoms with Crippen LogP contribution in [-0.2, 0) is 17.6 Å². The molecule has 0 saturated carbocycles. The number of fused-ring (bicyclic) bond motifs is 1. The topological polar surface area (TPSA) is 91.3 Å². The van der Waals surface area contributed by atoms with Gasteiger partial charge in [0, 0.05) is 24.5 Å². The molecule has 1 aliphatic rings. The minimum atomic E-state index is -1.16. The van der Waals surface area contributed by atoms with E-state index in [1.54, 1.807) is 19.2 Å². The van der Waals surface area contributed by atoms with Crippen LogP contribution < -0.4 is 18.9 Å². The van der Waals surface area contributed by atoms with Gasteiger partial charge in [0.05, 0.1) is 25.9 Å². The average molecular weight is 485 g/mol. The molecule has 1 N–H and O–H groups in total. The Morgan fingerprint density at radius 2 is 1.86 bits per heavy atom. The van der Waals surface area contributed by atoms with E-state index in [0.29, 0.717) is 61.7 Å². The van der Waals surface area contributed by atoms with Crippen molar-refractivity contribution in [2.75, 3.05) is 20.3 Å². The van der Waals surface area contributed by atoms with E-state index in [-0.39, 0.29) is 5.78 Å². The maximum Gasteiger partial charge on any atom is 0.348 e. The number of methoxy groups -OCH3 is 1. The molecule has 1 aliphatic heterocycles. The highest BCUT2D eigenvalue weighted by molar-refractivity contribution is 5.97. The molecule has 2 aromatic carbocycles. The number of carbonyl (C=O) groups excluding carboxylic acids is 1. The van der Waals surface area contributed by atoms with Gasteiger partial charge in [-0.1, -0.05) is 32.8 Å². The first kappa shape index (κ1) is 26.4. The number of carbonyl (C=O) groups is 2. The van der Waals surface area contributed by atoms with Gasteiger partial charge in [0.2, 0.25) is 5.60 Å². The van der Waals surface area contributed by atoms with Gasteiger partial charge in [0.15, 0.2) is 5.78 Å². The zero-order chi connectivity index (χ0) is 25.4. The summed E-state index contributed by atoms with van der Waals surface area (Å²) in [6.45, 7) is 6.44. The van der Waals surface area contributed by atoms with Crippen LogP contribution in [0.2, 0.25) is 0 Å². The van der Waals surface area contributed by atoms with Gasteiger partial charge in [-0.15, -0.1) is 0 Å². The molecule has 0 aromatic heterocycles. The van der Waals surface area contributed by atoms with Crippen LogP contribution in [0.5, 0.6) is 23.0 Å². The molecule has 0 saturated heterocycles. The molecule has 0 fully saturated rings. The first-order valence-corrected chi connectivity index (χ1v) is 12.4. The molecule has 7 heteroatoms. The largest absolute Gasteiger partial charge is 0.496 e. The van der Waals surface area contributed by atoms with Crippen LogP contribution in [0, 0.1) is 0 Å². The highest BCUT2D eigenvalue weighted by Gasteiger charge is 2.43. The van der Waals surface area contributed by atoms with E-state index in [2.05, 4.69) is 6.92 Å². The van der Waals surface area contributed by atoms with Crippen LogP contribution in [0.1, 0.15) is 74.4 Å². The Labute approximate surface area is 207 Å². The monoisotopic (exact) mass is 484 g/mol. The smallest absolute Gasteiger partial charge is 0.348 e. The minimum absolute atomic E-state index is 0.0385. The fourth-order valence-corrected chi connectivity index (χ4v) is 4.53. The van der Waals surface area contributed by atoms with Crippen LogP contribution in [0.4, 0.5) is 0 Å². The number of ether oxygens (including phenoxy) is 4. The number of hydrogen-bond acceptors (Lipinski definition) is 6. The Hall–Kier alpha value is -3.22. The third kappa shape index (κ3) is 6.08. The highest BCUT2D eigenvalue weighted by Crippen LogP contribution is 2.38. The molecule has 0 amide bonds. The summed E-state index contributed by atoms with van der Waals surface area (Å²) in [6.07, 6.45) is 4.65. The summed E-state index contributed by atoms with van der Waals surface area (Å²) in [4.78, 5) is 23.8. The van der Waals surface area contributed by atoms with Crippen molar-refractivity contribution in [2.45, 2.75) is 71.3 Å². The van der Waals surface area contributed by atoms with Crippen molar-refractivity contribution in [3.05, 3.63) is 47.0 Å². The second-order valence-corrected chi connectivity index (χ2v) is 8.90. The lowest BCUT2D eigenvalue weighted by Gasteiger charge is -2.35. The number of rotatable bonds is 13. The summed E-state index contributed by atoms with van der Waals surface area (Å²) in [5, 5.41) is 9.74. The van der Waals surface area contributed by atoms with E-state index in [4.69, 9.17) is 18.9 Å². The molecule has 35 heavy (non-hydrogen) atoms. The maximum absolute atomic E-state index is 11.9. The van der Waals surface area contributed by atoms with Crippen molar-refractivity contribution in [3.63, 3.8) is 0 Å². The number of Topliss-reactive ketones (excluding diaryl/α,β-unsaturated/α-hetero) is 1. The zero-order valence-corrected chi connectivity index (χ0v) is 21.1. The van der Waals surface area contributed by atoms with Gasteiger partial charge in [0.25, 0.3) is 0 Å². The second-order valence-electron chi connectivity index (χ2n) is 8.90. The van der Waals surface area contributed by atoms with E-state index < -0.39 is 11.6 Å². The van der Waals surface area contributed by atoms with E-state index in [0.717, 1.165) is 36.1 Å². The summed E-state index contributed by atoms with van der Waals surface area (Å²) in [5.74, 6) is 1.58. The lowest BCUT2D eigenvalue weighted by atomic mass is 9.87. The SMILES string of the molecule is CCCc1c(OCCCOc2ccc3c(c2)OC(CCC)(C(=O)O)CC3)ccc(C(C)=O)c1OC. The molecule has 7 nitrogen and oxygen atoms in total. The normalized spacial score (nSPS) is 16.7. The van der Waals surface area contributed by atoms with Gasteiger partial charge in [-0.25, -0.2) is 4.79 Å². The Kier molecular flexibility index (Phi) is 9.01. The van der Waals surface area contributed by atoms with Gasteiger partial charge >= 0.3 is 5.97 Å². The molecular formula is C28H36O7. The average Bonchev–Trinajstić information content (AvgIpc) is 2.84. The highest BCUT2D eigenvalue weighted by atomic mass is 16.5.